The minimum absolute atomic E-state index is 0.0733. The first-order valence-electron chi connectivity index (χ1n) is 22.0. The van der Waals surface area contributed by atoms with E-state index in [1.54, 1.807) is 0 Å². The van der Waals surface area contributed by atoms with Gasteiger partial charge in [0.15, 0.2) is 6.10 Å². The van der Waals surface area contributed by atoms with Crippen LogP contribution >= 0.6 is 0 Å². The van der Waals surface area contributed by atoms with Crippen LogP contribution in [0.4, 0.5) is 0 Å². The van der Waals surface area contributed by atoms with E-state index in [0.29, 0.717) is 19.3 Å². The molecule has 0 radical (unpaired) electrons. The summed E-state index contributed by atoms with van der Waals surface area (Å²) in [6.07, 6.45) is 45.5. The summed E-state index contributed by atoms with van der Waals surface area (Å²) in [4.78, 5) is 37.6. The Morgan fingerprint density at radius 1 is 0.404 bits per heavy atom. The molecule has 0 bridgehead atoms. The number of rotatable bonds is 39. The lowest BCUT2D eigenvalue weighted by molar-refractivity contribution is -0.167. The van der Waals surface area contributed by atoms with Crippen molar-refractivity contribution in [3.8, 4) is 0 Å². The second-order valence-corrected chi connectivity index (χ2v) is 14.7. The molecule has 1 atom stereocenters. The van der Waals surface area contributed by atoms with Crippen LogP contribution in [0.15, 0.2) is 36.5 Å². The van der Waals surface area contributed by atoms with E-state index in [1.807, 2.05) is 0 Å². The third-order valence-electron chi connectivity index (χ3n) is 9.47. The van der Waals surface area contributed by atoms with Crippen molar-refractivity contribution in [1.82, 2.24) is 0 Å². The molecule has 0 saturated carbocycles. The van der Waals surface area contributed by atoms with Gasteiger partial charge in [0, 0.05) is 19.3 Å². The third kappa shape index (κ3) is 38.9. The number of carbonyl (C=O) groups is 3. The molecule has 0 aliphatic heterocycles. The Kier molecular flexibility index (Phi) is 39.5. The van der Waals surface area contributed by atoms with Gasteiger partial charge in [0.25, 0.3) is 0 Å². The van der Waals surface area contributed by atoms with E-state index in [1.165, 1.54) is 109 Å². The van der Waals surface area contributed by atoms with Gasteiger partial charge in [0.05, 0.1) is 0 Å². The van der Waals surface area contributed by atoms with Crippen LogP contribution in [0.25, 0.3) is 0 Å². The summed E-state index contributed by atoms with van der Waals surface area (Å²) >= 11 is 0. The molecule has 0 spiro atoms. The Morgan fingerprint density at radius 2 is 0.750 bits per heavy atom. The molecule has 0 amide bonds. The number of ether oxygens (including phenoxy) is 3. The van der Waals surface area contributed by atoms with Crippen molar-refractivity contribution in [2.24, 2.45) is 0 Å². The van der Waals surface area contributed by atoms with E-state index in [4.69, 9.17) is 14.2 Å². The fourth-order valence-electron chi connectivity index (χ4n) is 6.15. The molecule has 0 N–H and O–H groups in total. The predicted octanol–water partition coefficient (Wildman–Crippen LogP) is 13.8. The van der Waals surface area contributed by atoms with E-state index in [0.717, 1.165) is 70.6 Å². The van der Waals surface area contributed by atoms with Crippen molar-refractivity contribution in [1.29, 1.82) is 0 Å². The van der Waals surface area contributed by atoms with Gasteiger partial charge < -0.3 is 14.2 Å². The number of unbranched alkanes of at least 4 members (excludes halogenated alkanes) is 24. The molecule has 1 unspecified atom stereocenters. The lowest BCUT2D eigenvalue weighted by Gasteiger charge is -2.18. The maximum Gasteiger partial charge on any atom is 0.306 e. The molecule has 52 heavy (non-hydrogen) atoms. The smallest absolute Gasteiger partial charge is 0.306 e. The van der Waals surface area contributed by atoms with Crippen LogP contribution in [0, 0.1) is 0 Å². The second kappa shape index (κ2) is 41.4. The van der Waals surface area contributed by atoms with Crippen LogP contribution in [-0.4, -0.2) is 37.2 Å². The van der Waals surface area contributed by atoms with Gasteiger partial charge in [-0.2, -0.15) is 0 Å². The first kappa shape index (κ1) is 49.6. The number of hydrogen-bond donors (Lipinski definition) is 0. The first-order chi connectivity index (χ1) is 25.5. The molecule has 0 aliphatic carbocycles. The number of hydrogen-bond acceptors (Lipinski definition) is 6. The Hall–Kier alpha value is -2.37. The van der Waals surface area contributed by atoms with Crippen molar-refractivity contribution in [2.45, 2.75) is 226 Å². The van der Waals surface area contributed by atoms with Crippen LogP contribution in [0.3, 0.4) is 0 Å². The van der Waals surface area contributed by atoms with Gasteiger partial charge in [-0.25, -0.2) is 0 Å². The van der Waals surface area contributed by atoms with Crippen molar-refractivity contribution in [3.05, 3.63) is 36.5 Å². The van der Waals surface area contributed by atoms with Gasteiger partial charge >= 0.3 is 17.9 Å². The summed E-state index contributed by atoms with van der Waals surface area (Å²) in [5.74, 6) is -0.889. The van der Waals surface area contributed by atoms with Gasteiger partial charge in [0.2, 0.25) is 0 Å². The van der Waals surface area contributed by atoms with E-state index in [9.17, 15) is 14.4 Å². The molecule has 6 nitrogen and oxygen atoms in total. The first-order valence-corrected chi connectivity index (χ1v) is 22.0. The Balaban J connectivity index is 4.34. The van der Waals surface area contributed by atoms with Gasteiger partial charge in [-0.15, -0.1) is 0 Å². The van der Waals surface area contributed by atoms with Crippen LogP contribution in [0.1, 0.15) is 220 Å². The zero-order valence-electron chi connectivity index (χ0n) is 34.3. The largest absolute Gasteiger partial charge is 0.462 e. The van der Waals surface area contributed by atoms with E-state index < -0.39 is 6.10 Å². The summed E-state index contributed by atoms with van der Waals surface area (Å²) in [6.45, 7) is 6.46. The van der Waals surface area contributed by atoms with Gasteiger partial charge in [-0.3, -0.25) is 14.4 Å². The average Bonchev–Trinajstić information content (AvgIpc) is 3.14. The van der Waals surface area contributed by atoms with E-state index >= 15 is 0 Å². The summed E-state index contributed by atoms with van der Waals surface area (Å²) < 4.78 is 16.6. The molecule has 302 valence electrons. The highest BCUT2D eigenvalue weighted by atomic mass is 16.6. The molecule has 0 fully saturated rings. The molecule has 0 aromatic rings. The second-order valence-electron chi connectivity index (χ2n) is 14.7. The highest BCUT2D eigenvalue weighted by Gasteiger charge is 2.19. The molecule has 0 saturated heterocycles. The molecule has 0 aromatic carbocycles. The number of allylic oxidation sites excluding steroid dienone is 6. The predicted molar refractivity (Wildman–Crippen MR) is 219 cm³/mol. The van der Waals surface area contributed by atoms with Crippen molar-refractivity contribution >= 4 is 17.9 Å². The highest BCUT2D eigenvalue weighted by Crippen LogP contribution is 2.14. The zero-order valence-corrected chi connectivity index (χ0v) is 34.3. The van der Waals surface area contributed by atoms with Crippen LogP contribution in [-0.2, 0) is 28.6 Å². The maximum atomic E-state index is 12.7. The monoisotopic (exact) mass is 731 g/mol. The van der Waals surface area contributed by atoms with E-state index in [2.05, 4.69) is 57.2 Å². The summed E-state index contributed by atoms with van der Waals surface area (Å²) in [5.41, 5.74) is 0. The summed E-state index contributed by atoms with van der Waals surface area (Å²) in [6, 6.07) is 0. The molecule has 0 heterocycles. The SMILES string of the molecule is CC\C=C/C=C\C=C/CCCCCCCCCC(=O)OCC(COC(=O)CCCCCCCCCCC)OC(=O)CCCCCCCCCCCC. The van der Waals surface area contributed by atoms with Crippen LogP contribution < -0.4 is 0 Å². The van der Waals surface area contributed by atoms with Gasteiger partial charge in [0.1, 0.15) is 13.2 Å². The van der Waals surface area contributed by atoms with Crippen LogP contribution in [0.2, 0.25) is 0 Å². The molecule has 6 heteroatoms. The Morgan fingerprint density at radius 3 is 1.15 bits per heavy atom. The summed E-state index contributed by atoms with van der Waals surface area (Å²) in [5, 5.41) is 0. The highest BCUT2D eigenvalue weighted by molar-refractivity contribution is 5.71. The summed E-state index contributed by atoms with van der Waals surface area (Å²) in [7, 11) is 0. The van der Waals surface area contributed by atoms with Gasteiger partial charge in [-0.05, 0) is 38.5 Å². The lowest BCUT2D eigenvalue weighted by atomic mass is 10.1. The lowest BCUT2D eigenvalue weighted by Crippen LogP contribution is -2.30. The molecule has 0 rings (SSSR count). The fraction of sp³-hybridized carbons (Fsp3) is 0.804. The molecule has 0 aromatic heterocycles. The maximum absolute atomic E-state index is 12.7. The quantitative estimate of drug-likeness (QED) is 0.0271. The zero-order chi connectivity index (χ0) is 38.0. The van der Waals surface area contributed by atoms with Crippen molar-refractivity contribution < 1.29 is 28.6 Å². The minimum atomic E-state index is -0.768. The molecular weight excluding hydrogens is 648 g/mol. The normalized spacial score (nSPS) is 12.3. The Labute approximate surface area is 321 Å². The average molecular weight is 731 g/mol. The number of esters is 3. The molecular formula is C46H82O6. The van der Waals surface area contributed by atoms with Crippen LogP contribution in [0.5, 0.6) is 0 Å². The molecule has 0 aliphatic rings. The third-order valence-corrected chi connectivity index (χ3v) is 9.47. The minimum Gasteiger partial charge on any atom is -0.462 e. The number of carbonyl (C=O) groups excluding carboxylic acids is 3. The fourth-order valence-corrected chi connectivity index (χ4v) is 6.15. The topological polar surface area (TPSA) is 78.9 Å². The van der Waals surface area contributed by atoms with E-state index in [-0.39, 0.29) is 31.1 Å². The Bertz CT molecular complexity index is 891. The van der Waals surface area contributed by atoms with Crippen molar-refractivity contribution in [2.75, 3.05) is 13.2 Å². The van der Waals surface area contributed by atoms with Crippen molar-refractivity contribution in [3.63, 3.8) is 0 Å². The van der Waals surface area contributed by atoms with Gasteiger partial charge in [-0.1, -0.05) is 198 Å². The standard InChI is InChI=1S/C46H82O6/c1-4-7-10-13-16-19-21-22-23-24-25-28-30-33-36-39-45(48)51-42-43(41-50-44(47)38-35-32-29-26-18-15-12-9-6-3)52-46(49)40-37-34-31-27-20-17-14-11-8-5-2/h7,10,13,16,19,21,43H,4-6,8-9,11-12,14-15,17-18,20,22-42H2,1-3H3/b10-7-,16-13-,21-19-.